The van der Waals surface area contributed by atoms with Crippen molar-refractivity contribution < 1.29 is 0 Å². The summed E-state index contributed by atoms with van der Waals surface area (Å²) in [5.41, 5.74) is 4.91. The molecule has 0 nitrogen and oxygen atoms in total. The van der Waals surface area contributed by atoms with Crippen LogP contribution < -0.4 is 0 Å². The lowest BCUT2D eigenvalue weighted by Crippen LogP contribution is -2.30. The molecule has 0 saturated carbocycles. The van der Waals surface area contributed by atoms with Gasteiger partial charge in [0, 0.05) is 0 Å². The first-order valence-corrected chi connectivity index (χ1v) is 11.1. The Morgan fingerprint density at radius 1 is 0.905 bits per heavy atom. The van der Waals surface area contributed by atoms with Gasteiger partial charge in [-0.15, -0.1) is 0 Å². The largest absolute Gasteiger partial charge is 0.167 e. The van der Waals surface area contributed by atoms with Gasteiger partial charge < -0.3 is 0 Å². The van der Waals surface area contributed by atoms with Crippen LogP contribution in [0.25, 0.3) is 12.2 Å². The summed E-state index contributed by atoms with van der Waals surface area (Å²) < 4.78 is 0. The third kappa shape index (κ3) is 4.73. The van der Waals surface area contributed by atoms with Crippen molar-refractivity contribution in [3.63, 3.8) is 0 Å². The van der Waals surface area contributed by atoms with Gasteiger partial charge in [0.25, 0.3) is 0 Å². The maximum Gasteiger partial charge on any atom is 0.162 e. The molecule has 2 aromatic carbocycles. The fraction of sp³-hybridized carbons (Fsp3) is 0.158. The molecule has 0 aliphatic heterocycles. The van der Waals surface area contributed by atoms with Crippen molar-refractivity contribution in [2.24, 2.45) is 0 Å². The molecular weight excluding hydrogens is 292 g/mol. The molecule has 2 aromatic rings. The molecule has 0 N–H and O–H groups in total. The second-order valence-electron chi connectivity index (χ2n) is 5.67. The Morgan fingerprint density at radius 3 is 1.71 bits per heavy atom. The van der Waals surface area contributed by atoms with Gasteiger partial charge >= 0.3 is 0 Å². The summed E-state index contributed by atoms with van der Waals surface area (Å²) in [4.78, 5) is 0. The zero-order valence-electron chi connectivity index (χ0n) is 12.5. The summed E-state index contributed by atoms with van der Waals surface area (Å²) in [6.45, 7) is 9.88. The minimum atomic E-state index is -1.85. The quantitative estimate of drug-likeness (QED) is 0.477. The van der Waals surface area contributed by atoms with Crippen LogP contribution in [0.4, 0.5) is 0 Å². The Labute approximate surface area is 133 Å². The highest BCUT2D eigenvalue weighted by molar-refractivity contribution is 7.18. The predicted octanol–water partition coefficient (Wildman–Crippen LogP) is 5.65. The van der Waals surface area contributed by atoms with Crippen LogP contribution in [0.2, 0.25) is 6.55 Å². The Hall–Kier alpha value is -1.57. The highest BCUT2D eigenvalue weighted by atomic mass is 35.6. The Morgan fingerprint density at radius 2 is 1.33 bits per heavy atom. The van der Waals surface area contributed by atoms with E-state index in [1.165, 1.54) is 11.1 Å². The molecule has 0 aliphatic rings. The smallest absolute Gasteiger partial charge is 0.162 e. The van der Waals surface area contributed by atoms with E-state index >= 15 is 0 Å². The van der Waals surface area contributed by atoms with E-state index in [1.807, 2.05) is 12.2 Å². The number of benzene rings is 2. The molecule has 0 atom stereocenters. The second kappa shape index (κ2) is 6.93. The maximum absolute atomic E-state index is 6.88. The van der Waals surface area contributed by atoms with Gasteiger partial charge in [0.1, 0.15) is 0 Å². The van der Waals surface area contributed by atoms with E-state index in [-0.39, 0.29) is 0 Å². The average Bonchev–Trinajstić information content (AvgIpc) is 2.46. The van der Waals surface area contributed by atoms with Gasteiger partial charge in [0.15, 0.2) is 7.38 Å². The maximum atomic E-state index is 6.88. The zero-order chi connectivity index (χ0) is 15.3. The van der Waals surface area contributed by atoms with Gasteiger partial charge in [-0.1, -0.05) is 80.4 Å². The number of halogens is 1. The molecule has 108 valence electrons. The van der Waals surface area contributed by atoms with Gasteiger partial charge in [-0.3, -0.25) is 0 Å². The Kier molecular flexibility index (Phi) is 5.21. The molecule has 2 heteroatoms. The zero-order valence-corrected chi connectivity index (χ0v) is 14.2. The minimum Gasteiger partial charge on any atom is -0.167 e. The fourth-order valence-corrected chi connectivity index (χ4v) is 5.77. The van der Waals surface area contributed by atoms with Crippen LogP contribution in [-0.2, 0) is 12.1 Å². The highest BCUT2D eigenvalue weighted by Crippen LogP contribution is 2.23. The van der Waals surface area contributed by atoms with Crippen molar-refractivity contribution in [3.05, 3.63) is 83.9 Å². The standard InChI is InChI=1S/C19H21ClSi/c1-4-16-8-6-10-18(12-16)14-21(3,20)15-19-11-7-9-17(5-2)13-19/h4-13H,1-2,14-15H2,3H3. The lowest BCUT2D eigenvalue weighted by atomic mass is 10.1. The Balaban J connectivity index is 2.13. The third-order valence-electron chi connectivity index (χ3n) is 3.52. The molecule has 0 saturated heterocycles. The van der Waals surface area contributed by atoms with Crippen LogP contribution in [0.1, 0.15) is 22.3 Å². The van der Waals surface area contributed by atoms with Crippen molar-refractivity contribution in [2.45, 2.75) is 18.6 Å². The van der Waals surface area contributed by atoms with Gasteiger partial charge in [-0.2, -0.15) is 11.1 Å². The average molecular weight is 313 g/mol. The van der Waals surface area contributed by atoms with E-state index in [4.69, 9.17) is 11.1 Å². The molecule has 0 heterocycles. The summed E-state index contributed by atoms with van der Waals surface area (Å²) in [7, 11) is -1.85. The van der Waals surface area contributed by atoms with Gasteiger partial charge in [0.05, 0.1) is 0 Å². The molecule has 0 bridgehead atoms. The molecule has 0 amide bonds. The SMILES string of the molecule is C=Cc1cccc(C[Si](C)(Cl)Cc2cccc(C=C)c2)c1. The van der Waals surface area contributed by atoms with E-state index in [0.29, 0.717) is 0 Å². The summed E-state index contributed by atoms with van der Waals surface area (Å²) in [6.07, 6.45) is 3.76. The van der Waals surface area contributed by atoms with Crippen molar-refractivity contribution >= 4 is 30.6 Å². The van der Waals surface area contributed by atoms with E-state index in [1.54, 1.807) is 0 Å². The van der Waals surface area contributed by atoms with Crippen LogP contribution >= 0.6 is 11.1 Å². The van der Waals surface area contributed by atoms with Crippen molar-refractivity contribution in [3.8, 4) is 0 Å². The van der Waals surface area contributed by atoms with E-state index in [2.05, 4.69) is 68.2 Å². The topological polar surface area (TPSA) is 0 Å². The van der Waals surface area contributed by atoms with Crippen molar-refractivity contribution in [1.29, 1.82) is 0 Å². The van der Waals surface area contributed by atoms with Crippen molar-refractivity contribution in [2.75, 3.05) is 0 Å². The highest BCUT2D eigenvalue weighted by Gasteiger charge is 2.25. The molecule has 21 heavy (non-hydrogen) atoms. The summed E-state index contributed by atoms with van der Waals surface area (Å²) in [5, 5.41) is 0. The lowest BCUT2D eigenvalue weighted by molar-refractivity contribution is 1.24. The van der Waals surface area contributed by atoms with Crippen LogP contribution in [0, 0.1) is 0 Å². The van der Waals surface area contributed by atoms with E-state index < -0.39 is 7.38 Å². The third-order valence-corrected chi connectivity index (χ3v) is 6.61. The van der Waals surface area contributed by atoms with E-state index in [9.17, 15) is 0 Å². The fourth-order valence-electron chi connectivity index (χ4n) is 2.57. The van der Waals surface area contributed by atoms with Crippen molar-refractivity contribution in [1.82, 2.24) is 0 Å². The molecular formula is C19H21ClSi. The Bertz CT molecular complexity index is 588. The molecule has 0 fully saturated rings. The van der Waals surface area contributed by atoms with Crippen LogP contribution in [0.5, 0.6) is 0 Å². The predicted molar refractivity (Wildman–Crippen MR) is 97.9 cm³/mol. The number of hydrogen-bond acceptors (Lipinski definition) is 0. The number of rotatable bonds is 6. The lowest BCUT2D eigenvalue weighted by Gasteiger charge is -2.20. The normalized spacial score (nSPS) is 11.1. The first kappa shape index (κ1) is 15.8. The van der Waals surface area contributed by atoms with Gasteiger partial charge in [-0.25, -0.2) is 0 Å². The van der Waals surface area contributed by atoms with Crippen LogP contribution in [0.3, 0.4) is 0 Å². The van der Waals surface area contributed by atoms with Gasteiger partial charge in [0.2, 0.25) is 0 Å². The van der Waals surface area contributed by atoms with Gasteiger partial charge in [-0.05, 0) is 34.3 Å². The first-order chi connectivity index (χ1) is 10.0. The molecule has 0 aliphatic carbocycles. The molecule has 0 aromatic heterocycles. The monoisotopic (exact) mass is 312 g/mol. The first-order valence-electron chi connectivity index (χ1n) is 7.14. The molecule has 0 spiro atoms. The molecule has 0 radical (unpaired) electrons. The summed E-state index contributed by atoms with van der Waals surface area (Å²) in [5.74, 6) is 0. The number of hydrogen-bond donors (Lipinski definition) is 0. The minimum absolute atomic E-state index is 0.967. The van der Waals surface area contributed by atoms with E-state index in [0.717, 1.165) is 23.2 Å². The molecule has 2 rings (SSSR count). The van der Waals surface area contributed by atoms with Crippen LogP contribution in [-0.4, -0.2) is 7.38 Å². The summed E-state index contributed by atoms with van der Waals surface area (Å²) >= 11 is 6.88. The van der Waals surface area contributed by atoms with Crippen LogP contribution in [0.15, 0.2) is 61.7 Å². The summed E-state index contributed by atoms with van der Waals surface area (Å²) in [6, 6.07) is 18.9. The second-order valence-corrected chi connectivity index (χ2v) is 11.9. The molecule has 0 unspecified atom stereocenters.